The van der Waals surface area contributed by atoms with Gasteiger partial charge in [0.25, 0.3) is 0 Å². The maximum atomic E-state index is 13.0. The van der Waals surface area contributed by atoms with E-state index in [1.54, 1.807) is 30.3 Å². The van der Waals surface area contributed by atoms with Crippen LogP contribution in [0.15, 0.2) is 59.5 Å². The molecule has 1 aliphatic rings. The van der Waals surface area contributed by atoms with Gasteiger partial charge < -0.3 is 4.90 Å². The van der Waals surface area contributed by atoms with Gasteiger partial charge in [-0.3, -0.25) is 0 Å². The Morgan fingerprint density at radius 2 is 1.61 bits per heavy atom. The van der Waals surface area contributed by atoms with Crippen LogP contribution in [0.2, 0.25) is 10.0 Å². The molecule has 0 bridgehead atoms. The lowest BCUT2D eigenvalue weighted by atomic mass is 10.1. The van der Waals surface area contributed by atoms with Crippen molar-refractivity contribution in [3.8, 4) is 11.3 Å². The number of piperazine rings is 1. The van der Waals surface area contributed by atoms with E-state index < -0.39 is 21.8 Å². The molecule has 1 aromatic heterocycles. The van der Waals surface area contributed by atoms with Gasteiger partial charge in [-0.05, 0) is 48.5 Å². The lowest BCUT2D eigenvalue weighted by Gasteiger charge is -2.34. The third kappa shape index (κ3) is 5.08. The molecule has 12 heteroatoms. The summed E-state index contributed by atoms with van der Waals surface area (Å²) in [6.45, 7) is 0.831. The largest absolute Gasteiger partial charge is 0.416 e. The highest BCUT2D eigenvalue weighted by molar-refractivity contribution is 7.89. The molecular formula is C21H17Cl2F3N4O2S. The summed E-state index contributed by atoms with van der Waals surface area (Å²) >= 11 is 12.1. The van der Waals surface area contributed by atoms with E-state index in [9.17, 15) is 21.6 Å². The van der Waals surface area contributed by atoms with E-state index in [2.05, 4.69) is 10.2 Å². The van der Waals surface area contributed by atoms with Crippen molar-refractivity contribution < 1.29 is 21.6 Å². The van der Waals surface area contributed by atoms with Crippen molar-refractivity contribution in [1.29, 1.82) is 0 Å². The summed E-state index contributed by atoms with van der Waals surface area (Å²) in [4.78, 5) is 1.48. The van der Waals surface area contributed by atoms with Crippen LogP contribution in [0.25, 0.3) is 11.3 Å². The maximum Gasteiger partial charge on any atom is 0.416 e. The van der Waals surface area contributed by atoms with Crippen LogP contribution in [0.1, 0.15) is 5.56 Å². The Hall–Kier alpha value is -2.40. The Kier molecular flexibility index (Phi) is 6.54. The number of anilines is 1. The normalized spacial score (nSPS) is 15.6. The van der Waals surface area contributed by atoms with Crippen LogP contribution in [0.4, 0.5) is 19.0 Å². The SMILES string of the molecule is O=S(=O)(c1cccc(C(F)(F)F)c1)N1CCN(c2ccc(-c3ccc(Cl)cc3Cl)nn2)CC1. The Morgan fingerprint density at radius 1 is 0.879 bits per heavy atom. The molecule has 1 fully saturated rings. The summed E-state index contributed by atoms with van der Waals surface area (Å²) in [6.07, 6.45) is -4.62. The average Bonchev–Trinajstić information content (AvgIpc) is 2.79. The van der Waals surface area contributed by atoms with Crippen molar-refractivity contribution in [3.63, 3.8) is 0 Å². The van der Waals surface area contributed by atoms with Crippen molar-refractivity contribution >= 4 is 39.0 Å². The minimum absolute atomic E-state index is 0.102. The Labute approximate surface area is 198 Å². The molecule has 0 amide bonds. The van der Waals surface area contributed by atoms with Crippen LogP contribution in [0.5, 0.6) is 0 Å². The highest BCUT2D eigenvalue weighted by Gasteiger charge is 2.34. The monoisotopic (exact) mass is 516 g/mol. The van der Waals surface area contributed by atoms with Crippen LogP contribution >= 0.6 is 23.2 Å². The first-order valence-electron chi connectivity index (χ1n) is 9.77. The molecule has 0 radical (unpaired) electrons. The summed E-state index contributed by atoms with van der Waals surface area (Å²) in [5.74, 6) is 0.556. The topological polar surface area (TPSA) is 66.4 Å². The zero-order chi connectivity index (χ0) is 23.8. The lowest BCUT2D eigenvalue weighted by molar-refractivity contribution is -0.137. The third-order valence-corrected chi connectivity index (χ3v) is 7.66. The van der Waals surface area contributed by atoms with Crippen LogP contribution in [-0.2, 0) is 16.2 Å². The van der Waals surface area contributed by atoms with Crippen molar-refractivity contribution in [2.24, 2.45) is 0 Å². The first-order chi connectivity index (χ1) is 15.6. The molecular weight excluding hydrogens is 500 g/mol. The van der Waals surface area contributed by atoms with Gasteiger partial charge >= 0.3 is 6.18 Å². The van der Waals surface area contributed by atoms with Gasteiger partial charge in [-0.2, -0.15) is 17.5 Å². The van der Waals surface area contributed by atoms with Gasteiger partial charge in [0.2, 0.25) is 10.0 Å². The van der Waals surface area contributed by atoms with Crippen LogP contribution in [-0.4, -0.2) is 49.1 Å². The van der Waals surface area contributed by atoms with Gasteiger partial charge in [-0.25, -0.2) is 8.42 Å². The predicted octanol–water partition coefficient (Wildman–Crippen LogP) is 4.98. The molecule has 1 aliphatic heterocycles. The summed E-state index contributed by atoms with van der Waals surface area (Å²) in [7, 11) is -4.06. The molecule has 2 heterocycles. The number of benzene rings is 2. The highest BCUT2D eigenvalue weighted by atomic mass is 35.5. The van der Waals surface area contributed by atoms with Crippen molar-refractivity contribution in [3.05, 3.63) is 70.2 Å². The molecule has 0 saturated carbocycles. The van der Waals surface area contributed by atoms with Gasteiger partial charge in [0.1, 0.15) is 0 Å². The van der Waals surface area contributed by atoms with E-state index in [0.717, 1.165) is 12.1 Å². The second-order valence-electron chi connectivity index (χ2n) is 7.32. The van der Waals surface area contributed by atoms with Gasteiger partial charge in [-0.15, -0.1) is 10.2 Å². The average molecular weight is 517 g/mol. The number of nitrogens with zero attached hydrogens (tertiary/aromatic N) is 4. The molecule has 3 aromatic rings. The Bertz CT molecular complexity index is 1260. The standard InChI is InChI=1S/C21H17Cl2F3N4O2S/c22-15-4-5-17(18(23)13-15)19-6-7-20(28-27-19)29-8-10-30(11-9-29)33(31,32)16-3-1-2-14(12-16)21(24,25)26/h1-7,12-13H,8-11H2. The van der Waals surface area contributed by atoms with Crippen LogP contribution in [0, 0.1) is 0 Å². The molecule has 4 rings (SSSR count). The molecule has 0 atom stereocenters. The minimum Gasteiger partial charge on any atom is -0.352 e. The molecule has 33 heavy (non-hydrogen) atoms. The maximum absolute atomic E-state index is 13.0. The number of aromatic nitrogens is 2. The van der Waals surface area contributed by atoms with Gasteiger partial charge in [0.15, 0.2) is 5.82 Å². The highest BCUT2D eigenvalue weighted by Crippen LogP contribution is 2.32. The molecule has 2 aromatic carbocycles. The first kappa shape index (κ1) is 23.7. The number of hydrogen-bond donors (Lipinski definition) is 0. The van der Waals surface area contributed by atoms with E-state index in [1.165, 1.54) is 10.4 Å². The number of hydrogen-bond acceptors (Lipinski definition) is 5. The van der Waals surface area contributed by atoms with E-state index >= 15 is 0 Å². The third-order valence-electron chi connectivity index (χ3n) is 5.22. The van der Waals surface area contributed by atoms with Crippen LogP contribution < -0.4 is 4.90 Å². The zero-order valence-corrected chi connectivity index (χ0v) is 19.3. The Morgan fingerprint density at radius 3 is 2.21 bits per heavy atom. The van der Waals surface area contributed by atoms with Crippen molar-refractivity contribution in [2.75, 3.05) is 31.1 Å². The number of sulfonamides is 1. The summed E-state index contributed by atoms with van der Waals surface area (Å²) < 4.78 is 65.8. The molecule has 1 saturated heterocycles. The fourth-order valence-electron chi connectivity index (χ4n) is 3.47. The van der Waals surface area contributed by atoms with Gasteiger partial charge in [-0.1, -0.05) is 29.3 Å². The fraction of sp³-hybridized carbons (Fsp3) is 0.238. The van der Waals surface area contributed by atoms with Gasteiger partial charge in [0.05, 0.1) is 21.2 Å². The van der Waals surface area contributed by atoms with Crippen molar-refractivity contribution in [2.45, 2.75) is 11.1 Å². The smallest absolute Gasteiger partial charge is 0.352 e. The van der Waals surface area contributed by atoms with E-state index in [4.69, 9.17) is 23.2 Å². The quantitative estimate of drug-likeness (QED) is 0.489. The van der Waals surface area contributed by atoms with Crippen LogP contribution in [0.3, 0.4) is 0 Å². The zero-order valence-electron chi connectivity index (χ0n) is 16.9. The second kappa shape index (κ2) is 9.09. The van der Waals surface area contributed by atoms with E-state index in [-0.39, 0.29) is 18.0 Å². The first-order valence-corrected chi connectivity index (χ1v) is 12.0. The molecule has 174 valence electrons. The summed E-state index contributed by atoms with van der Waals surface area (Å²) in [5, 5.41) is 9.37. The van der Waals surface area contributed by atoms with Crippen molar-refractivity contribution in [1.82, 2.24) is 14.5 Å². The minimum atomic E-state index is -4.62. The second-order valence-corrected chi connectivity index (χ2v) is 10.1. The molecule has 0 aliphatic carbocycles. The lowest BCUT2D eigenvalue weighted by Crippen LogP contribution is -2.49. The number of rotatable bonds is 4. The molecule has 6 nitrogen and oxygen atoms in total. The van der Waals surface area contributed by atoms with Gasteiger partial charge in [0, 0.05) is 36.8 Å². The number of halogens is 5. The Balaban J connectivity index is 1.45. The summed E-state index contributed by atoms with van der Waals surface area (Å²) in [6, 6.07) is 12.3. The van der Waals surface area contributed by atoms with E-state index in [0.29, 0.717) is 46.3 Å². The fourth-order valence-corrected chi connectivity index (χ4v) is 5.45. The molecule has 0 N–H and O–H groups in total. The molecule has 0 unspecified atom stereocenters. The number of alkyl halides is 3. The van der Waals surface area contributed by atoms with E-state index in [1.807, 2.05) is 4.90 Å². The summed E-state index contributed by atoms with van der Waals surface area (Å²) in [5.41, 5.74) is 0.238. The molecule has 0 spiro atoms. The predicted molar refractivity (Wildman–Crippen MR) is 120 cm³/mol.